The minimum Gasteiger partial charge on any atom is -0.313 e. The Morgan fingerprint density at radius 3 is 3.00 bits per heavy atom. The molecule has 0 aliphatic carbocycles. The molecule has 0 radical (unpaired) electrons. The second-order valence-corrected chi connectivity index (χ2v) is 4.74. The number of nitrogens with zero attached hydrogens (tertiary/aromatic N) is 3. The molecule has 1 amide bonds. The van der Waals surface area contributed by atoms with E-state index in [1.54, 1.807) is 42.2 Å². The van der Waals surface area contributed by atoms with Crippen LogP contribution in [0.4, 0.5) is 10.3 Å². The Morgan fingerprint density at radius 2 is 2.23 bits per heavy atom. The number of pyridine rings is 1. The van der Waals surface area contributed by atoms with Crippen molar-refractivity contribution < 1.29 is 9.18 Å². The van der Waals surface area contributed by atoms with Crippen molar-refractivity contribution >= 4 is 29.0 Å². The molecular weight excluding hydrogens is 283 g/mol. The van der Waals surface area contributed by atoms with Crippen LogP contribution in [0.2, 0.25) is 0 Å². The largest absolute Gasteiger partial charge is 0.313 e. The van der Waals surface area contributed by atoms with Crippen LogP contribution >= 0.6 is 0 Å². The summed E-state index contributed by atoms with van der Waals surface area (Å²) in [6.07, 6.45) is 6.37. The van der Waals surface area contributed by atoms with E-state index < -0.39 is 0 Å². The lowest BCUT2D eigenvalue weighted by Crippen LogP contribution is -2.11. The van der Waals surface area contributed by atoms with Gasteiger partial charge in [-0.1, -0.05) is 6.07 Å². The first-order valence-corrected chi connectivity index (χ1v) is 6.64. The highest BCUT2D eigenvalue weighted by Crippen LogP contribution is 2.19. The SMILES string of the molecule is Cn1c(NC(=O)/C=C\c2cccnc2)nc2cc(F)ccc21. The summed E-state index contributed by atoms with van der Waals surface area (Å²) in [5.41, 5.74) is 2.06. The first-order valence-electron chi connectivity index (χ1n) is 6.64. The number of halogens is 1. The standard InChI is InChI=1S/C16H13FN4O/c1-21-14-6-5-12(17)9-13(14)19-16(21)20-15(22)7-4-11-3-2-8-18-10-11/h2-10H,1H3,(H,19,20,22)/b7-4-. The Hall–Kier alpha value is -3.02. The number of imidazole rings is 1. The van der Waals surface area contributed by atoms with Crippen LogP contribution in [0.15, 0.2) is 48.8 Å². The van der Waals surface area contributed by atoms with Gasteiger partial charge in [-0.3, -0.25) is 15.1 Å². The van der Waals surface area contributed by atoms with Crippen molar-refractivity contribution in [2.75, 3.05) is 5.32 Å². The molecule has 5 nitrogen and oxygen atoms in total. The molecule has 110 valence electrons. The predicted octanol–water partition coefficient (Wildman–Crippen LogP) is 2.76. The maximum Gasteiger partial charge on any atom is 0.250 e. The quantitative estimate of drug-likeness (QED) is 0.756. The van der Waals surface area contributed by atoms with Crippen LogP contribution in [-0.4, -0.2) is 20.4 Å². The van der Waals surface area contributed by atoms with Crippen LogP contribution in [0.5, 0.6) is 0 Å². The molecular formula is C16H13FN4O. The molecule has 2 heterocycles. The lowest BCUT2D eigenvalue weighted by atomic mass is 10.2. The van der Waals surface area contributed by atoms with Crippen LogP contribution in [0.25, 0.3) is 17.1 Å². The number of hydrogen-bond donors (Lipinski definition) is 1. The van der Waals surface area contributed by atoms with Crippen molar-refractivity contribution in [2.45, 2.75) is 0 Å². The molecule has 2 aromatic heterocycles. The van der Waals surface area contributed by atoms with Gasteiger partial charge in [0.15, 0.2) is 0 Å². The predicted molar refractivity (Wildman–Crippen MR) is 82.6 cm³/mol. The van der Waals surface area contributed by atoms with E-state index in [1.807, 2.05) is 6.07 Å². The van der Waals surface area contributed by atoms with Crippen molar-refractivity contribution in [3.8, 4) is 0 Å². The molecule has 0 spiro atoms. The number of carbonyl (C=O) groups is 1. The van der Waals surface area contributed by atoms with Gasteiger partial charge in [0.2, 0.25) is 5.95 Å². The highest BCUT2D eigenvalue weighted by Gasteiger charge is 2.09. The fraction of sp³-hybridized carbons (Fsp3) is 0.0625. The molecule has 1 N–H and O–H groups in total. The van der Waals surface area contributed by atoms with E-state index in [0.29, 0.717) is 11.5 Å². The molecule has 22 heavy (non-hydrogen) atoms. The number of nitrogens with one attached hydrogen (secondary N) is 1. The summed E-state index contributed by atoms with van der Waals surface area (Å²) in [6.45, 7) is 0. The third kappa shape index (κ3) is 2.85. The summed E-state index contributed by atoms with van der Waals surface area (Å²) in [5, 5.41) is 2.67. The number of fused-ring (bicyclic) bond motifs is 1. The van der Waals surface area contributed by atoms with Crippen LogP contribution in [0.1, 0.15) is 5.56 Å². The van der Waals surface area contributed by atoms with Crippen molar-refractivity contribution in [2.24, 2.45) is 7.05 Å². The van der Waals surface area contributed by atoms with E-state index in [2.05, 4.69) is 15.3 Å². The zero-order valence-electron chi connectivity index (χ0n) is 11.8. The fourth-order valence-electron chi connectivity index (χ4n) is 2.08. The maximum atomic E-state index is 13.2. The normalized spacial score (nSPS) is 11.2. The zero-order chi connectivity index (χ0) is 15.5. The summed E-state index contributed by atoms with van der Waals surface area (Å²) in [5.74, 6) is -0.316. The number of hydrogen-bond acceptors (Lipinski definition) is 3. The second-order valence-electron chi connectivity index (χ2n) is 4.74. The van der Waals surface area contributed by atoms with Gasteiger partial charge < -0.3 is 4.57 Å². The van der Waals surface area contributed by atoms with Crippen LogP contribution in [-0.2, 0) is 11.8 Å². The van der Waals surface area contributed by atoms with E-state index in [0.717, 1.165) is 11.1 Å². The summed E-state index contributed by atoms with van der Waals surface area (Å²) in [4.78, 5) is 20.1. The average Bonchev–Trinajstić information content (AvgIpc) is 2.82. The van der Waals surface area contributed by atoms with Gasteiger partial charge in [-0.05, 0) is 29.8 Å². The van der Waals surface area contributed by atoms with Crippen LogP contribution < -0.4 is 5.32 Å². The van der Waals surface area contributed by atoms with Gasteiger partial charge in [-0.15, -0.1) is 0 Å². The minimum absolute atomic E-state index is 0.317. The van der Waals surface area contributed by atoms with Gasteiger partial charge in [0.25, 0.3) is 5.91 Å². The van der Waals surface area contributed by atoms with Gasteiger partial charge in [-0.25, -0.2) is 9.37 Å². The Balaban J connectivity index is 1.79. The number of carbonyl (C=O) groups excluding carboxylic acids is 1. The molecule has 0 aliphatic heterocycles. The van der Waals surface area contributed by atoms with Gasteiger partial charge in [-0.2, -0.15) is 0 Å². The average molecular weight is 296 g/mol. The van der Waals surface area contributed by atoms with E-state index in [9.17, 15) is 9.18 Å². The van der Waals surface area contributed by atoms with Crippen molar-refractivity contribution in [1.29, 1.82) is 0 Å². The maximum absolute atomic E-state index is 13.2. The Bertz CT molecular complexity index is 855. The smallest absolute Gasteiger partial charge is 0.250 e. The summed E-state index contributed by atoms with van der Waals surface area (Å²) in [6, 6.07) is 7.94. The molecule has 3 rings (SSSR count). The van der Waals surface area contributed by atoms with Crippen LogP contribution in [0.3, 0.4) is 0 Å². The van der Waals surface area contributed by atoms with Gasteiger partial charge >= 0.3 is 0 Å². The van der Waals surface area contributed by atoms with E-state index in [4.69, 9.17) is 0 Å². The van der Waals surface area contributed by atoms with E-state index >= 15 is 0 Å². The van der Waals surface area contributed by atoms with E-state index in [-0.39, 0.29) is 11.7 Å². The molecule has 6 heteroatoms. The summed E-state index contributed by atoms with van der Waals surface area (Å²) in [7, 11) is 1.76. The number of amides is 1. The van der Waals surface area contributed by atoms with Gasteiger partial charge in [0, 0.05) is 31.6 Å². The molecule has 3 aromatic rings. The van der Waals surface area contributed by atoms with Crippen LogP contribution in [0, 0.1) is 5.82 Å². The van der Waals surface area contributed by atoms with Gasteiger partial charge in [0.05, 0.1) is 11.0 Å². The minimum atomic E-state index is -0.361. The first-order chi connectivity index (χ1) is 10.6. The molecule has 0 saturated heterocycles. The highest BCUT2D eigenvalue weighted by molar-refractivity contribution is 6.01. The number of aromatic nitrogens is 3. The fourth-order valence-corrected chi connectivity index (χ4v) is 2.08. The number of anilines is 1. The van der Waals surface area contributed by atoms with Crippen molar-refractivity contribution in [1.82, 2.24) is 14.5 Å². The lowest BCUT2D eigenvalue weighted by Gasteiger charge is -2.02. The number of benzene rings is 1. The zero-order valence-corrected chi connectivity index (χ0v) is 11.8. The molecule has 0 atom stereocenters. The molecule has 0 aliphatic rings. The summed E-state index contributed by atoms with van der Waals surface area (Å²) >= 11 is 0. The number of aryl methyl sites for hydroxylation is 1. The Labute approximate surface area is 126 Å². The third-order valence-electron chi connectivity index (χ3n) is 3.19. The summed E-state index contributed by atoms with van der Waals surface area (Å²) < 4.78 is 14.9. The molecule has 0 unspecified atom stereocenters. The van der Waals surface area contributed by atoms with Crippen molar-refractivity contribution in [3.63, 3.8) is 0 Å². The monoisotopic (exact) mass is 296 g/mol. The highest BCUT2D eigenvalue weighted by atomic mass is 19.1. The lowest BCUT2D eigenvalue weighted by molar-refractivity contribution is -0.111. The first kappa shape index (κ1) is 13.9. The Kier molecular flexibility index (Phi) is 3.65. The molecule has 1 aromatic carbocycles. The number of rotatable bonds is 3. The van der Waals surface area contributed by atoms with Gasteiger partial charge in [0.1, 0.15) is 5.82 Å². The topological polar surface area (TPSA) is 59.8 Å². The van der Waals surface area contributed by atoms with Crippen molar-refractivity contribution in [3.05, 3.63) is 60.2 Å². The molecule has 0 saturated carbocycles. The molecule has 0 bridgehead atoms. The van der Waals surface area contributed by atoms with E-state index in [1.165, 1.54) is 18.2 Å². The third-order valence-corrected chi connectivity index (χ3v) is 3.19. The Morgan fingerprint density at radius 1 is 1.36 bits per heavy atom. The molecule has 0 fully saturated rings. The second kappa shape index (κ2) is 5.77.